The Labute approximate surface area is 232 Å². The molecule has 1 heterocycles. The van der Waals surface area contributed by atoms with Gasteiger partial charge in [0.2, 0.25) is 11.8 Å². The van der Waals surface area contributed by atoms with Crippen LogP contribution in [0, 0.1) is 0 Å². The van der Waals surface area contributed by atoms with Gasteiger partial charge in [-0.1, -0.05) is 54.1 Å². The Morgan fingerprint density at radius 2 is 1.61 bits per heavy atom. The summed E-state index contributed by atoms with van der Waals surface area (Å²) in [4.78, 5) is 35.6. The van der Waals surface area contributed by atoms with Gasteiger partial charge in [0, 0.05) is 41.4 Å². The third-order valence-electron chi connectivity index (χ3n) is 6.36. The maximum atomic E-state index is 13.7. The minimum atomic E-state index is -1.14. The molecule has 0 spiro atoms. The van der Waals surface area contributed by atoms with Crippen LogP contribution >= 0.6 is 22.9 Å². The summed E-state index contributed by atoms with van der Waals surface area (Å²) in [6, 6.07) is 24.6. The number of hydrogen-bond donors (Lipinski definition) is 1. The number of carbonyl (C=O) groups is 2. The van der Waals surface area contributed by atoms with Gasteiger partial charge >= 0.3 is 0 Å². The minimum absolute atomic E-state index is 0.150. The summed E-state index contributed by atoms with van der Waals surface area (Å²) in [6.07, 6.45) is 0.185. The highest BCUT2D eigenvalue weighted by Crippen LogP contribution is 2.28. The Bertz CT molecular complexity index is 1380. The van der Waals surface area contributed by atoms with E-state index in [9.17, 15) is 9.59 Å². The molecule has 0 saturated heterocycles. The van der Waals surface area contributed by atoms with Crippen LogP contribution in [0.1, 0.15) is 24.4 Å². The Balaban J connectivity index is 1.58. The van der Waals surface area contributed by atoms with E-state index in [0.29, 0.717) is 10.7 Å². The van der Waals surface area contributed by atoms with Crippen LogP contribution in [0.5, 0.6) is 0 Å². The van der Waals surface area contributed by atoms with Crippen molar-refractivity contribution in [2.24, 2.45) is 0 Å². The fraction of sp³-hybridized carbons (Fsp3) is 0.233. The van der Waals surface area contributed by atoms with Crippen LogP contribution in [0.3, 0.4) is 0 Å². The van der Waals surface area contributed by atoms with E-state index in [2.05, 4.69) is 5.32 Å². The van der Waals surface area contributed by atoms with Gasteiger partial charge in [0.25, 0.3) is 0 Å². The molecule has 0 radical (unpaired) electrons. The quantitative estimate of drug-likeness (QED) is 0.259. The lowest BCUT2D eigenvalue weighted by Gasteiger charge is -2.37. The number of hydrogen-bond acceptors (Lipinski definition) is 5. The SMILES string of the molecule is CN(C)c1ccc(NC(=O)C(C)(C)N(Cc2nc(-c3ccc(Cl)cc3)cs2)C(=O)Cc2ccccc2)cc1. The van der Waals surface area contributed by atoms with Gasteiger partial charge in [-0.05, 0) is 55.8 Å². The number of thiazole rings is 1. The molecule has 0 atom stereocenters. The largest absolute Gasteiger partial charge is 0.378 e. The van der Waals surface area contributed by atoms with E-state index in [-0.39, 0.29) is 24.8 Å². The molecule has 4 aromatic rings. The van der Waals surface area contributed by atoms with Gasteiger partial charge in [0.05, 0.1) is 18.7 Å². The van der Waals surface area contributed by atoms with Crippen molar-refractivity contribution in [2.45, 2.75) is 32.4 Å². The molecule has 8 heteroatoms. The van der Waals surface area contributed by atoms with E-state index in [1.54, 1.807) is 18.7 Å². The lowest BCUT2D eigenvalue weighted by atomic mass is 9.99. The van der Waals surface area contributed by atoms with Crippen molar-refractivity contribution in [3.8, 4) is 11.3 Å². The molecular formula is C30H31ClN4O2S. The molecule has 0 saturated carbocycles. The number of rotatable bonds is 9. The van der Waals surface area contributed by atoms with Gasteiger partial charge in [0.1, 0.15) is 10.5 Å². The van der Waals surface area contributed by atoms with Crippen molar-refractivity contribution in [1.82, 2.24) is 9.88 Å². The normalized spacial score (nSPS) is 11.2. The van der Waals surface area contributed by atoms with Gasteiger partial charge in [-0.2, -0.15) is 0 Å². The van der Waals surface area contributed by atoms with E-state index in [1.165, 1.54) is 11.3 Å². The Kier molecular flexibility index (Phi) is 8.49. The Hall–Kier alpha value is -3.68. The third kappa shape index (κ3) is 6.60. The number of nitrogens with one attached hydrogen (secondary N) is 1. The molecule has 4 rings (SSSR count). The highest BCUT2D eigenvalue weighted by atomic mass is 35.5. The zero-order valence-electron chi connectivity index (χ0n) is 21.9. The van der Waals surface area contributed by atoms with Crippen LogP contribution in [-0.2, 0) is 22.6 Å². The number of halogens is 1. The average Bonchev–Trinajstić information content (AvgIpc) is 3.37. The Morgan fingerprint density at radius 1 is 0.947 bits per heavy atom. The second-order valence-corrected chi connectivity index (χ2v) is 11.1. The molecule has 0 unspecified atom stereocenters. The van der Waals surface area contributed by atoms with E-state index in [1.807, 2.05) is 103 Å². The number of amides is 2. The van der Waals surface area contributed by atoms with Crippen molar-refractivity contribution < 1.29 is 9.59 Å². The maximum Gasteiger partial charge on any atom is 0.249 e. The third-order valence-corrected chi connectivity index (χ3v) is 7.44. The van der Waals surface area contributed by atoms with Gasteiger partial charge in [0.15, 0.2) is 0 Å². The van der Waals surface area contributed by atoms with Gasteiger partial charge < -0.3 is 15.1 Å². The zero-order valence-corrected chi connectivity index (χ0v) is 23.5. The highest BCUT2D eigenvalue weighted by Gasteiger charge is 2.38. The molecule has 1 aromatic heterocycles. The first kappa shape index (κ1) is 27.4. The van der Waals surface area contributed by atoms with E-state index in [0.717, 1.165) is 27.5 Å². The van der Waals surface area contributed by atoms with Crippen molar-refractivity contribution in [3.05, 3.63) is 99.8 Å². The number of aromatic nitrogens is 1. The monoisotopic (exact) mass is 546 g/mol. The molecule has 0 aliphatic rings. The lowest BCUT2D eigenvalue weighted by molar-refractivity contribution is -0.144. The minimum Gasteiger partial charge on any atom is -0.378 e. The molecule has 0 aliphatic heterocycles. The molecule has 196 valence electrons. The maximum absolute atomic E-state index is 13.7. The van der Waals surface area contributed by atoms with Crippen LogP contribution in [-0.4, -0.2) is 41.3 Å². The second kappa shape index (κ2) is 11.8. The van der Waals surface area contributed by atoms with Crippen molar-refractivity contribution >= 4 is 46.1 Å². The topological polar surface area (TPSA) is 65.5 Å². The zero-order chi connectivity index (χ0) is 27.3. The van der Waals surface area contributed by atoms with Gasteiger partial charge in [-0.15, -0.1) is 11.3 Å². The molecule has 0 aliphatic carbocycles. The number of anilines is 2. The summed E-state index contributed by atoms with van der Waals surface area (Å²) in [6.45, 7) is 3.75. The summed E-state index contributed by atoms with van der Waals surface area (Å²) in [5.41, 5.74) is 3.19. The van der Waals surface area contributed by atoms with E-state index < -0.39 is 5.54 Å². The Morgan fingerprint density at radius 3 is 2.24 bits per heavy atom. The van der Waals surface area contributed by atoms with Crippen LogP contribution in [0.15, 0.2) is 84.2 Å². The first-order valence-electron chi connectivity index (χ1n) is 12.3. The first-order chi connectivity index (χ1) is 18.1. The summed E-state index contributed by atoms with van der Waals surface area (Å²) in [7, 11) is 3.92. The van der Waals surface area contributed by atoms with Crippen LogP contribution in [0.2, 0.25) is 5.02 Å². The second-order valence-electron chi connectivity index (χ2n) is 9.73. The first-order valence-corrected chi connectivity index (χ1v) is 13.5. The van der Waals surface area contributed by atoms with Gasteiger partial charge in [-0.25, -0.2) is 4.98 Å². The fourth-order valence-corrected chi connectivity index (χ4v) is 4.90. The van der Waals surface area contributed by atoms with Crippen LogP contribution < -0.4 is 10.2 Å². The predicted molar refractivity (Wildman–Crippen MR) is 157 cm³/mol. The fourth-order valence-electron chi connectivity index (χ4n) is 3.99. The number of carbonyl (C=O) groups excluding carboxylic acids is 2. The van der Waals surface area contributed by atoms with Crippen molar-refractivity contribution in [2.75, 3.05) is 24.3 Å². The molecule has 6 nitrogen and oxygen atoms in total. The van der Waals surface area contributed by atoms with E-state index in [4.69, 9.17) is 16.6 Å². The van der Waals surface area contributed by atoms with Gasteiger partial charge in [-0.3, -0.25) is 9.59 Å². The summed E-state index contributed by atoms with van der Waals surface area (Å²) < 4.78 is 0. The average molecular weight is 547 g/mol. The lowest BCUT2D eigenvalue weighted by Crippen LogP contribution is -2.55. The molecule has 0 bridgehead atoms. The van der Waals surface area contributed by atoms with Crippen molar-refractivity contribution in [3.63, 3.8) is 0 Å². The summed E-state index contributed by atoms with van der Waals surface area (Å²) >= 11 is 7.49. The standard InChI is InChI=1S/C30H31ClN4O2S/c1-30(2,29(37)32-24-14-16-25(17-15-24)34(3)4)35(28(36)18-21-8-6-5-7-9-21)19-27-33-26(20-38-27)22-10-12-23(31)13-11-22/h5-17,20H,18-19H2,1-4H3,(H,32,37). The summed E-state index contributed by atoms with van der Waals surface area (Å²) in [5.74, 6) is -0.423. The number of nitrogens with zero attached hydrogens (tertiary/aromatic N) is 3. The molecular weight excluding hydrogens is 516 g/mol. The van der Waals surface area contributed by atoms with Crippen LogP contribution in [0.4, 0.5) is 11.4 Å². The highest BCUT2D eigenvalue weighted by molar-refractivity contribution is 7.09. The predicted octanol–water partition coefficient (Wildman–Crippen LogP) is 6.52. The molecule has 0 fully saturated rings. The van der Waals surface area contributed by atoms with E-state index >= 15 is 0 Å². The smallest absolute Gasteiger partial charge is 0.249 e. The molecule has 3 aromatic carbocycles. The number of benzene rings is 3. The molecule has 2 amide bonds. The molecule has 1 N–H and O–H groups in total. The summed E-state index contributed by atoms with van der Waals surface area (Å²) in [5, 5.41) is 6.35. The van der Waals surface area contributed by atoms with Crippen LogP contribution in [0.25, 0.3) is 11.3 Å². The molecule has 38 heavy (non-hydrogen) atoms. The van der Waals surface area contributed by atoms with Crippen molar-refractivity contribution in [1.29, 1.82) is 0 Å².